The summed E-state index contributed by atoms with van der Waals surface area (Å²) in [5.41, 5.74) is 0. The van der Waals surface area contributed by atoms with Gasteiger partial charge < -0.3 is 9.88 Å². The maximum absolute atomic E-state index is 3.26. The Kier molecular flexibility index (Phi) is 2.57. The molecule has 0 aromatic carbocycles. The molecule has 0 saturated heterocycles. The minimum absolute atomic E-state index is 0.757. The Bertz CT molecular complexity index is 235. The summed E-state index contributed by atoms with van der Waals surface area (Å²) in [7, 11) is 2.20. The van der Waals surface area contributed by atoms with E-state index in [0.29, 0.717) is 0 Å². The summed E-state index contributed by atoms with van der Waals surface area (Å²) in [5.74, 6) is 1.26. The molecule has 0 atom stereocenters. The van der Waals surface area contributed by atoms with Gasteiger partial charge in [-0.2, -0.15) is 0 Å². The van der Waals surface area contributed by atoms with E-state index in [0.717, 1.165) is 6.04 Å². The Morgan fingerprint density at radius 3 is 2.69 bits per heavy atom. The number of hydrogen-bond acceptors (Lipinski definition) is 1. The second kappa shape index (κ2) is 3.86. The van der Waals surface area contributed by atoms with Gasteiger partial charge in [0.25, 0.3) is 0 Å². The minimum Gasteiger partial charge on any atom is -0.358 e. The van der Waals surface area contributed by atoms with Crippen LogP contribution >= 0.6 is 0 Å². The van der Waals surface area contributed by atoms with Gasteiger partial charge in [-0.3, -0.25) is 0 Å². The predicted molar refractivity (Wildman–Crippen MR) is 56.1 cm³/mol. The number of aromatic amines is 1. The van der Waals surface area contributed by atoms with Crippen molar-refractivity contribution < 1.29 is 0 Å². The first-order valence-corrected chi connectivity index (χ1v) is 5.24. The van der Waals surface area contributed by atoms with Crippen LogP contribution in [0.15, 0.2) is 18.3 Å². The van der Waals surface area contributed by atoms with Crippen LogP contribution in [-0.2, 0) is 0 Å². The molecule has 13 heavy (non-hydrogen) atoms. The Morgan fingerprint density at radius 1 is 1.31 bits per heavy atom. The molecule has 0 unspecified atom stereocenters. The van der Waals surface area contributed by atoms with Crippen LogP contribution in [0.3, 0.4) is 0 Å². The lowest BCUT2D eigenvalue weighted by molar-refractivity contribution is 0.426. The van der Waals surface area contributed by atoms with Crippen LogP contribution < -0.4 is 4.90 Å². The third-order valence-corrected chi connectivity index (χ3v) is 3.08. The van der Waals surface area contributed by atoms with Crippen molar-refractivity contribution in [2.45, 2.75) is 38.1 Å². The maximum Gasteiger partial charge on any atom is 0.105 e. The number of rotatable bonds is 2. The van der Waals surface area contributed by atoms with Gasteiger partial charge >= 0.3 is 0 Å². The fourth-order valence-electron chi connectivity index (χ4n) is 2.21. The van der Waals surface area contributed by atoms with E-state index < -0.39 is 0 Å². The molecule has 0 spiro atoms. The van der Waals surface area contributed by atoms with Crippen molar-refractivity contribution in [3.05, 3.63) is 18.3 Å². The van der Waals surface area contributed by atoms with E-state index in [4.69, 9.17) is 0 Å². The summed E-state index contributed by atoms with van der Waals surface area (Å²) < 4.78 is 0. The molecule has 0 aliphatic heterocycles. The summed E-state index contributed by atoms with van der Waals surface area (Å²) in [5, 5.41) is 0. The summed E-state index contributed by atoms with van der Waals surface area (Å²) >= 11 is 0. The quantitative estimate of drug-likeness (QED) is 0.737. The molecule has 2 heteroatoms. The molecule has 72 valence electrons. The summed E-state index contributed by atoms with van der Waals surface area (Å²) in [6, 6.07) is 4.97. The summed E-state index contributed by atoms with van der Waals surface area (Å²) in [6.45, 7) is 0. The summed E-state index contributed by atoms with van der Waals surface area (Å²) in [6.07, 6.45) is 8.93. The molecule has 0 bridgehead atoms. The first kappa shape index (κ1) is 8.67. The molecule has 0 radical (unpaired) electrons. The van der Waals surface area contributed by atoms with Crippen LogP contribution in [0, 0.1) is 0 Å². The van der Waals surface area contributed by atoms with Crippen molar-refractivity contribution in [1.82, 2.24) is 4.98 Å². The van der Waals surface area contributed by atoms with Crippen LogP contribution in [0.5, 0.6) is 0 Å². The van der Waals surface area contributed by atoms with Crippen molar-refractivity contribution in [2.24, 2.45) is 0 Å². The van der Waals surface area contributed by atoms with E-state index in [1.54, 1.807) is 0 Å². The van der Waals surface area contributed by atoms with Gasteiger partial charge in [0, 0.05) is 19.3 Å². The smallest absolute Gasteiger partial charge is 0.105 e. The highest BCUT2D eigenvalue weighted by Crippen LogP contribution is 2.24. The van der Waals surface area contributed by atoms with Gasteiger partial charge in [0.2, 0.25) is 0 Å². The van der Waals surface area contributed by atoms with Crippen molar-refractivity contribution in [1.29, 1.82) is 0 Å². The van der Waals surface area contributed by atoms with Gasteiger partial charge in [-0.15, -0.1) is 0 Å². The van der Waals surface area contributed by atoms with E-state index in [9.17, 15) is 0 Å². The largest absolute Gasteiger partial charge is 0.358 e. The van der Waals surface area contributed by atoms with Crippen molar-refractivity contribution in [3.63, 3.8) is 0 Å². The maximum atomic E-state index is 3.26. The first-order chi connectivity index (χ1) is 6.38. The van der Waals surface area contributed by atoms with E-state index in [1.807, 2.05) is 6.20 Å². The zero-order valence-electron chi connectivity index (χ0n) is 8.29. The molecule has 1 aliphatic rings. The average Bonchev–Trinajstić information content (AvgIpc) is 2.71. The molecule has 1 N–H and O–H groups in total. The lowest BCUT2D eigenvalue weighted by Gasteiger charge is -2.31. The van der Waals surface area contributed by atoms with Gasteiger partial charge in [0.15, 0.2) is 0 Å². The van der Waals surface area contributed by atoms with Gasteiger partial charge in [-0.05, 0) is 25.0 Å². The number of nitrogens with zero attached hydrogens (tertiary/aromatic N) is 1. The topological polar surface area (TPSA) is 19.0 Å². The highest BCUT2D eigenvalue weighted by atomic mass is 15.2. The van der Waals surface area contributed by atoms with Crippen LogP contribution in [0.1, 0.15) is 32.1 Å². The van der Waals surface area contributed by atoms with E-state index in [1.165, 1.54) is 37.9 Å². The molecule has 1 fully saturated rings. The van der Waals surface area contributed by atoms with Crippen molar-refractivity contribution >= 4 is 5.82 Å². The Labute approximate surface area is 79.9 Å². The predicted octanol–water partition coefficient (Wildman–Crippen LogP) is 2.78. The van der Waals surface area contributed by atoms with Crippen LogP contribution in [0.2, 0.25) is 0 Å². The molecular formula is C11H18N2. The third-order valence-electron chi connectivity index (χ3n) is 3.08. The van der Waals surface area contributed by atoms with Crippen molar-refractivity contribution in [3.8, 4) is 0 Å². The van der Waals surface area contributed by atoms with Crippen LogP contribution in [0.25, 0.3) is 0 Å². The lowest BCUT2D eigenvalue weighted by atomic mass is 9.94. The highest BCUT2D eigenvalue weighted by Gasteiger charge is 2.18. The van der Waals surface area contributed by atoms with Crippen LogP contribution in [-0.4, -0.2) is 18.1 Å². The molecule has 1 heterocycles. The monoisotopic (exact) mass is 178 g/mol. The van der Waals surface area contributed by atoms with Crippen molar-refractivity contribution in [2.75, 3.05) is 11.9 Å². The molecule has 1 aromatic heterocycles. The van der Waals surface area contributed by atoms with Gasteiger partial charge in [-0.25, -0.2) is 0 Å². The third kappa shape index (κ3) is 1.87. The second-order valence-electron chi connectivity index (χ2n) is 3.96. The zero-order valence-corrected chi connectivity index (χ0v) is 8.29. The number of nitrogens with one attached hydrogen (secondary N) is 1. The SMILES string of the molecule is CN(c1ccc[nH]1)C1CCCCC1. The first-order valence-electron chi connectivity index (χ1n) is 5.24. The Morgan fingerprint density at radius 2 is 2.08 bits per heavy atom. The average molecular weight is 178 g/mol. The molecule has 1 aromatic rings. The normalized spacial score (nSPS) is 18.8. The van der Waals surface area contributed by atoms with Gasteiger partial charge in [0.05, 0.1) is 0 Å². The Balaban J connectivity index is 1.99. The molecule has 2 nitrogen and oxygen atoms in total. The van der Waals surface area contributed by atoms with Crippen LogP contribution in [0.4, 0.5) is 5.82 Å². The molecule has 2 rings (SSSR count). The molecule has 0 amide bonds. The molecular weight excluding hydrogens is 160 g/mol. The van der Waals surface area contributed by atoms with Gasteiger partial charge in [0.1, 0.15) is 5.82 Å². The fraction of sp³-hybridized carbons (Fsp3) is 0.636. The Hall–Kier alpha value is -0.920. The number of hydrogen-bond donors (Lipinski definition) is 1. The number of H-pyrrole nitrogens is 1. The van der Waals surface area contributed by atoms with Gasteiger partial charge in [-0.1, -0.05) is 19.3 Å². The van der Waals surface area contributed by atoms with E-state index in [-0.39, 0.29) is 0 Å². The minimum atomic E-state index is 0.757. The highest BCUT2D eigenvalue weighted by molar-refractivity contribution is 5.38. The zero-order chi connectivity index (χ0) is 9.10. The second-order valence-corrected chi connectivity index (χ2v) is 3.96. The standard InChI is InChI=1S/C11H18N2/c1-13(11-8-5-9-12-11)10-6-3-2-4-7-10/h5,8-10,12H,2-4,6-7H2,1H3. The summed E-state index contributed by atoms with van der Waals surface area (Å²) in [4.78, 5) is 5.65. The molecule has 1 saturated carbocycles. The number of aromatic nitrogens is 1. The molecule has 1 aliphatic carbocycles. The van der Waals surface area contributed by atoms with E-state index >= 15 is 0 Å². The number of anilines is 1. The fourth-order valence-corrected chi connectivity index (χ4v) is 2.21. The van der Waals surface area contributed by atoms with E-state index in [2.05, 4.69) is 29.1 Å². The lowest BCUT2D eigenvalue weighted by Crippen LogP contribution is -2.33.